The van der Waals surface area contributed by atoms with Crippen molar-refractivity contribution in [1.82, 2.24) is 15.2 Å². The number of aliphatic hydroxyl groups is 1. The number of β-amino-alcohol motifs (C(OH)–C–C–N with tert-alkyl or cyclic N) is 1. The first kappa shape index (κ1) is 26.4. The van der Waals surface area contributed by atoms with Crippen LogP contribution in [0.5, 0.6) is 0 Å². The lowest BCUT2D eigenvalue weighted by Gasteiger charge is -2.29. The minimum absolute atomic E-state index is 0.0698. The van der Waals surface area contributed by atoms with Gasteiger partial charge in [-0.05, 0) is 30.9 Å². The highest BCUT2D eigenvalue weighted by Crippen LogP contribution is 2.30. The van der Waals surface area contributed by atoms with Crippen LogP contribution in [0.25, 0.3) is 10.4 Å². The molecule has 1 aromatic carbocycles. The van der Waals surface area contributed by atoms with Crippen molar-refractivity contribution in [2.24, 2.45) is 22.1 Å². The van der Waals surface area contributed by atoms with Gasteiger partial charge >= 0.3 is 0 Å². The van der Waals surface area contributed by atoms with E-state index in [1.165, 1.54) is 11.1 Å². The van der Waals surface area contributed by atoms with Crippen LogP contribution in [0.2, 0.25) is 0 Å². The molecule has 0 spiro atoms. The van der Waals surface area contributed by atoms with Gasteiger partial charge in [-0.25, -0.2) is 4.98 Å². The Morgan fingerprint density at radius 1 is 1.34 bits per heavy atom. The quantitative estimate of drug-likeness (QED) is 0.501. The minimum Gasteiger partial charge on any atom is -0.391 e. The SMILES string of the molecule is C=CN=N/C(=C\C)[C@H](C(=O)N1C[C@H](O)C[C@H]1C(=O)NCc1ccc(-c2scnc2C)cc1)C(C)C. The van der Waals surface area contributed by atoms with Crippen molar-refractivity contribution < 1.29 is 14.7 Å². The van der Waals surface area contributed by atoms with Crippen molar-refractivity contribution in [3.8, 4) is 10.4 Å². The maximum Gasteiger partial charge on any atom is 0.243 e. The Bertz CT molecular complexity index is 1110. The van der Waals surface area contributed by atoms with Gasteiger partial charge in [-0.3, -0.25) is 9.59 Å². The van der Waals surface area contributed by atoms with Crippen LogP contribution in [0.1, 0.15) is 38.4 Å². The molecule has 9 heteroatoms. The van der Waals surface area contributed by atoms with Gasteiger partial charge in [-0.1, -0.05) is 50.8 Å². The van der Waals surface area contributed by atoms with E-state index in [9.17, 15) is 14.7 Å². The number of rotatable bonds is 9. The number of thiazole rings is 1. The summed E-state index contributed by atoms with van der Waals surface area (Å²) >= 11 is 1.60. The maximum atomic E-state index is 13.5. The third-order valence-electron chi connectivity index (χ3n) is 6.10. The predicted molar refractivity (Wildman–Crippen MR) is 137 cm³/mol. The molecule has 1 fully saturated rings. The Morgan fingerprint density at radius 2 is 2.06 bits per heavy atom. The van der Waals surface area contributed by atoms with Crippen LogP contribution < -0.4 is 5.32 Å². The molecule has 1 saturated heterocycles. The highest BCUT2D eigenvalue weighted by molar-refractivity contribution is 7.13. The number of benzene rings is 1. The molecule has 3 atom stereocenters. The Kier molecular flexibility index (Phi) is 9.06. The first-order valence-corrected chi connectivity index (χ1v) is 12.6. The van der Waals surface area contributed by atoms with Crippen molar-refractivity contribution in [2.75, 3.05) is 6.54 Å². The van der Waals surface area contributed by atoms with Crippen LogP contribution in [0.15, 0.2) is 64.6 Å². The third-order valence-corrected chi connectivity index (χ3v) is 7.07. The predicted octanol–water partition coefficient (Wildman–Crippen LogP) is 4.47. The van der Waals surface area contributed by atoms with Crippen molar-refractivity contribution in [2.45, 2.75) is 52.8 Å². The normalized spacial score (nSPS) is 19.4. The van der Waals surface area contributed by atoms with Gasteiger partial charge < -0.3 is 15.3 Å². The van der Waals surface area contributed by atoms with Crippen LogP contribution in [-0.2, 0) is 16.1 Å². The van der Waals surface area contributed by atoms with E-state index in [-0.39, 0.29) is 30.7 Å². The van der Waals surface area contributed by atoms with Crippen molar-refractivity contribution >= 4 is 23.2 Å². The molecule has 0 saturated carbocycles. The Labute approximate surface area is 210 Å². The largest absolute Gasteiger partial charge is 0.391 e. The molecule has 1 aliphatic rings. The number of carbonyl (C=O) groups is 2. The van der Waals surface area contributed by atoms with E-state index in [1.807, 2.05) is 50.5 Å². The lowest BCUT2D eigenvalue weighted by molar-refractivity contribution is -0.141. The molecule has 2 N–H and O–H groups in total. The van der Waals surface area contributed by atoms with Crippen molar-refractivity contribution in [3.05, 3.63) is 65.6 Å². The summed E-state index contributed by atoms with van der Waals surface area (Å²) < 4.78 is 0. The fraction of sp³-hybridized carbons (Fsp3) is 0.423. The van der Waals surface area contributed by atoms with Crippen molar-refractivity contribution in [1.29, 1.82) is 0 Å². The van der Waals surface area contributed by atoms with Gasteiger partial charge in [-0.15, -0.1) is 11.3 Å². The fourth-order valence-corrected chi connectivity index (χ4v) is 5.12. The van der Waals surface area contributed by atoms with E-state index in [4.69, 9.17) is 0 Å². The van der Waals surface area contributed by atoms with Gasteiger partial charge in [0.1, 0.15) is 6.04 Å². The smallest absolute Gasteiger partial charge is 0.243 e. The second-order valence-corrected chi connectivity index (χ2v) is 9.77. The first-order chi connectivity index (χ1) is 16.8. The Morgan fingerprint density at radius 3 is 2.63 bits per heavy atom. The van der Waals surface area contributed by atoms with E-state index in [0.29, 0.717) is 12.2 Å². The average molecular weight is 496 g/mol. The monoisotopic (exact) mass is 495 g/mol. The molecule has 2 heterocycles. The summed E-state index contributed by atoms with van der Waals surface area (Å²) in [6, 6.07) is 7.23. The summed E-state index contributed by atoms with van der Waals surface area (Å²) in [5, 5.41) is 21.2. The zero-order valence-corrected chi connectivity index (χ0v) is 21.5. The molecule has 0 radical (unpaired) electrons. The summed E-state index contributed by atoms with van der Waals surface area (Å²) in [6.07, 6.45) is 2.50. The molecular formula is C26H33N5O3S. The number of aryl methyl sites for hydroxylation is 1. The van der Waals surface area contributed by atoms with E-state index in [0.717, 1.165) is 21.7 Å². The molecule has 1 aromatic heterocycles. The van der Waals surface area contributed by atoms with Gasteiger partial charge in [0.2, 0.25) is 11.8 Å². The summed E-state index contributed by atoms with van der Waals surface area (Å²) in [5.41, 5.74) is 5.37. The molecule has 2 amide bonds. The number of aliphatic hydroxyl groups excluding tert-OH is 1. The molecular weight excluding hydrogens is 462 g/mol. The molecule has 0 unspecified atom stereocenters. The second-order valence-electron chi connectivity index (χ2n) is 8.91. The highest BCUT2D eigenvalue weighted by atomic mass is 32.1. The van der Waals surface area contributed by atoms with Crippen LogP contribution in [-0.4, -0.2) is 45.5 Å². The molecule has 0 aliphatic carbocycles. The number of hydrogen-bond acceptors (Lipinski definition) is 7. The number of aromatic nitrogens is 1. The van der Waals surface area contributed by atoms with Crippen LogP contribution in [0, 0.1) is 18.8 Å². The van der Waals surface area contributed by atoms with Gasteiger partial charge in [0.05, 0.1) is 33.8 Å². The number of likely N-dealkylation sites (tertiary alicyclic amines) is 1. The summed E-state index contributed by atoms with van der Waals surface area (Å²) in [4.78, 5) is 33.5. The number of carbonyl (C=O) groups excluding carboxylic acids is 2. The van der Waals surface area contributed by atoms with Gasteiger partial charge in [0.15, 0.2) is 0 Å². The molecule has 0 bridgehead atoms. The lowest BCUT2D eigenvalue weighted by Crippen LogP contribution is -2.48. The molecule has 3 rings (SSSR count). The number of amides is 2. The van der Waals surface area contributed by atoms with Gasteiger partial charge in [-0.2, -0.15) is 10.2 Å². The molecule has 2 aromatic rings. The number of nitrogens with zero attached hydrogens (tertiary/aromatic N) is 4. The zero-order valence-electron chi connectivity index (χ0n) is 20.6. The van der Waals surface area contributed by atoms with Crippen LogP contribution >= 0.6 is 11.3 Å². The fourth-order valence-electron chi connectivity index (χ4n) is 4.30. The van der Waals surface area contributed by atoms with Gasteiger partial charge in [0.25, 0.3) is 0 Å². The molecule has 35 heavy (non-hydrogen) atoms. The third kappa shape index (κ3) is 6.29. The Balaban J connectivity index is 1.70. The lowest BCUT2D eigenvalue weighted by atomic mass is 9.90. The first-order valence-electron chi connectivity index (χ1n) is 11.7. The van der Waals surface area contributed by atoms with Crippen LogP contribution in [0.4, 0.5) is 0 Å². The summed E-state index contributed by atoms with van der Waals surface area (Å²) in [7, 11) is 0. The number of nitrogens with one attached hydrogen (secondary N) is 1. The van der Waals surface area contributed by atoms with E-state index in [2.05, 4.69) is 27.1 Å². The number of allylic oxidation sites excluding steroid dienone is 1. The summed E-state index contributed by atoms with van der Waals surface area (Å²) in [5.74, 6) is -1.17. The standard InChI is InChI=1S/C26H33N5O3S/c1-6-21(30-29-7-2)23(16(3)4)26(34)31-14-20(32)12-22(31)25(33)27-13-18-8-10-19(11-9-18)24-17(5)28-15-35-24/h6-11,15-16,20,22-23,32H,2,12-14H2,1,3-5H3,(H,27,33)/b21-6-,30-29?/t20-,22+,23-/m1/s1. The molecule has 1 aliphatic heterocycles. The van der Waals surface area contributed by atoms with E-state index in [1.54, 1.807) is 24.3 Å². The van der Waals surface area contributed by atoms with E-state index < -0.39 is 18.1 Å². The number of azo groups is 1. The zero-order chi connectivity index (χ0) is 25.5. The molecule has 186 valence electrons. The van der Waals surface area contributed by atoms with Crippen molar-refractivity contribution in [3.63, 3.8) is 0 Å². The second kappa shape index (κ2) is 12.0. The van der Waals surface area contributed by atoms with Gasteiger partial charge in [0, 0.05) is 25.7 Å². The maximum absolute atomic E-state index is 13.5. The number of hydrogen-bond donors (Lipinski definition) is 2. The molecule has 8 nitrogen and oxygen atoms in total. The minimum atomic E-state index is -0.756. The highest BCUT2D eigenvalue weighted by Gasteiger charge is 2.42. The summed E-state index contributed by atoms with van der Waals surface area (Å²) in [6.45, 7) is 11.6. The topological polar surface area (TPSA) is 107 Å². The van der Waals surface area contributed by atoms with E-state index >= 15 is 0 Å². The Hall–Kier alpha value is -3.17. The average Bonchev–Trinajstić information content (AvgIpc) is 3.45. The van der Waals surface area contributed by atoms with Crippen LogP contribution in [0.3, 0.4) is 0 Å².